The van der Waals surface area contributed by atoms with Gasteiger partial charge in [0.25, 0.3) is 5.91 Å². The quantitative estimate of drug-likeness (QED) is 0.722. The lowest BCUT2D eigenvalue weighted by Gasteiger charge is -2.09. The van der Waals surface area contributed by atoms with E-state index in [1.807, 2.05) is 0 Å². The van der Waals surface area contributed by atoms with Gasteiger partial charge in [0, 0.05) is 17.6 Å². The fraction of sp³-hybridized carbons (Fsp3) is 0.312. The molecule has 1 aromatic heterocycles. The Hall–Kier alpha value is -1.85. The van der Waals surface area contributed by atoms with E-state index in [9.17, 15) is 4.79 Å². The molecule has 0 saturated carbocycles. The van der Waals surface area contributed by atoms with Gasteiger partial charge < -0.3 is 10.6 Å². The molecule has 5 nitrogen and oxygen atoms in total. The van der Waals surface area contributed by atoms with Crippen molar-refractivity contribution in [2.24, 2.45) is 0 Å². The van der Waals surface area contributed by atoms with Crippen molar-refractivity contribution in [3.63, 3.8) is 0 Å². The molecule has 0 aliphatic carbocycles. The smallest absolute Gasteiger partial charge is 0.270 e. The third kappa shape index (κ3) is 5.37. The summed E-state index contributed by atoms with van der Waals surface area (Å²) in [6.45, 7) is 2.76. The number of amides is 1. The van der Waals surface area contributed by atoms with Crippen LogP contribution in [0.5, 0.6) is 0 Å². The molecule has 0 spiro atoms. The first-order chi connectivity index (χ1) is 11.1. The van der Waals surface area contributed by atoms with Crippen molar-refractivity contribution in [2.45, 2.75) is 26.2 Å². The van der Waals surface area contributed by atoms with Crippen LogP contribution in [-0.4, -0.2) is 22.4 Å². The minimum Gasteiger partial charge on any atom is -0.351 e. The zero-order chi connectivity index (χ0) is 16.7. The standard InChI is InChI=1S/C16H18Cl2N4O/c1-2-3-4-7-19-16(23)14-9-15(21-10-20-14)22-13-6-5-11(17)8-12(13)18/h5-6,8-10H,2-4,7H2,1H3,(H,19,23)(H,20,21,22). The number of hydrogen-bond donors (Lipinski definition) is 2. The molecular weight excluding hydrogens is 335 g/mol. The van der Waals surface area contributed by atoms with Crippen LogP contribution in [0.15, 0.2) is 30.6 Å². The Labute approximate surface area is 145 Å². The number of halogens is 2. The molecule has 0 bridgehead atoms. The molecular formula is C16H18Cl2N4O. The second kappa shape index (κ2) is 8.70. The van der Waals surface area contributed by atoms with Crippen LogP contribution in [0.2, 0.25) is 10.0 Å². The highest BCUT2D eigenvalue weighted by Crippen LogP contribution is 2.27. The van der Waals surface area contributed by atoms with Crippen LogP contribution in [0.1, 0.15) is 36.7 Å². The van der Waals surface area contributed by atoms with Crippen molar-refractivity contribution in [3.05, 3.63) is 46.3 Å². The summed E-state index contributed by atoms with van der Waals surface area (Å²) < 4.78 is 0. The highest BCUT2D eigenvalue weighted by Gasteiger charge is 2.09. The number of unbranched alkanes of at least 4 members (excludes halogenated alkanes) is 2. The summed E-state index contributed by atoms with van der Waals surface area (Å²) in [5.74, 6) is 0.275. The average Bonchev–Trinajstić information content (AvgIpc) is 2.54. The lowest BCUT2D eigenvalue weighted by molar-refractivity contribution is 0.0948. The molecule has 0 atom stereocenters. The number of hydrogen-bond acceptors (Lipinski definition) is 4. The summed E-state index contributed by atoms with van der Waals surface area (Å²) in [4.78, 5) is 20.1. The van der Waals surface area contributed by atoms with Gasteiger partial charge in [-0.2, -0.15) is 0 Å². The summed E-state index contributed by atoms with van der Waals surface area (Å²) >= 11 is 12.0. The molecule has 0 aliphatic rings. The van der Waals surface area contributed by atoms with Crippen molar-refractivity contribution in [1.29, 1.82) is 0 Å². The van der Waals surface area contributed by atoms with E-state index in [2.05, 4.69) is 27.5 Å². The van der Waals surface area contributed by atoms with Gasteiger partial charge in [0.05, 0.1) is 10.7 Å². The molecule has 2 N–H and O–H groups in total. The first kappa shape index (κ1) is 17.5. The van der Waals surface area contributed by atoms with Crippen LogP contribution in [0.4, 0.5) is 11.5 Å². The maximum atomic E-state index is 12.1. The fourth-order valence-corrected chi connectivity index (χ4v) is 2.40. The molecule has 0 unspecified atom stereocenters. The Morgan fingerprint density at radius 3 is 2.74 bits per heavy atom. The summed E-state index contributed by atoms with van der Waals surface area (Å²) in [6, 6.07) is 6.68. The normalized spacial score (nSPS) is 10.4. The van der Waals surface area contributed by atoms with Gasteiger partial charge >= 0.3 is 0 Å². The molecule has 1 aromatic carbocycles. The molecule has 1 amide bonds. The largest absolute Gasteiger partial charge is 0.351 e. The number of rotatable bonds is 7. The van der Waals surface area contributed by atoms with Gasteiger partial charge in [-0.25, -0.2) is 9.97 Å². The number of anilines is 2. The maximum Gasteiger partial charge on any atom is 0.270 e. The van der Waals surface area contributed by atoms with Gasteiger partial charge in [-0.05, 0) is 24.6 Å². The second-order valence-electron chi connectivity index (χ2n) is 5.00. The Balaban J connectivity index is 2.03. The van der Waals surface area contributed by atoms with Crippen LogP contribution in [0.25, 0.3) is 0 Å². The first-order valence-corrected chi connectivity index (χ1v) is 8.18. The van der Waals surface area contributed by atoms with Gasteiger partial charge in [-0.15, -0.1) is 0 Å². The lowest BCUT2D eigenvalue weighted by atomic mass is 10.2. The third-order valence-corrected chi connectivity index (χ3v) is 3.71. The van der Waals surface area contributed by atoms with Gasteiger partial charge in [0.15, 0.2) is 0 Å². The summed E-state index contributed by atoms with van der Waals surface area (Å²) in [6.07, 6.45) is 4.50. The van der Waals surface area contributed by atoms with E-state index in [1.165, 1.54) is 6.33 Å². The molecule has 2 aromatic rings. The van der Waals surface area contributed by atoms with Crippen molar-refractivity contribution >= 4 is 40.6 Å². The van der Waals surface area contributed by atoms with Crippen molar-refractivity contribution in [2.75, 3.05) is 11.9 Å². The van der Waals surface area contributed by atoms with Gasteiger partial charge in [0.1, 0.15) is 17.8 Å². The highest BCUT2D eigenvalue weighted by molar-refractivity contribution is 6.36. The maximum absolute atomic E-state index is 12.1. The van der Waals surface area contributed by atoms with E-state index in [-0.39, 0.29) is 5.91 Å². The molecule has 0 radical (unpaired) electrons. The van der Waals surface area contributed by atoms with Crippen molar-refractivity contribution in [1.82, 2.24) is 15.3 Å². The molecule has 0 saturated heterocycles. The minimum atomic E-state index is -0.214. The van der Waals surface area contributed by atoms with Crippen LogP contribution < -0.4 is 10.6 Å². The Morgan fingerprint density at radius 1 is 1.17 bits per heavy atom. The van der Waals surface area contributed by atoms with Gasteiger partial charge in [-0.3, -0.25) is 4.79 Å². The number of benzene rings is 1. The molecule has 7 heteroatoms. The van der Waals surface area contributed by atoms with Gasteiger partial charge in [-0.1, -0.05) is 43.0 Å². The highest BCUT2D eigenvalue weighted by atomic mass is 35.5. The number of nitrogens with one attached hydrogen (secondary N) is 2. The zero-order valence-electron chi connectivity index (χ0n) is 12.8. The van der Waals surface area contributed by atoms with Crippen LogP contribution in [0, 0.1) is 0 Å². The van der Waals surface area contributed by atoms with E-state index < -0.39 is 0 Å². The van der Waals surface area contributed by atoms with E-state index in [1.54, 1.807) is 24.3 Å². The predicted octanol–water partition coefficient (Wildman–Crippen LogP) is 4.45. The topological polar surface area (TPSA) is 66.9 Å². The summed E-state index contributed by atoms with van der Waals surface area (Å²) in [7, 11) is 0. The number of carbonyl (C=O) groups is 1. The lowest BCUT2D eigenvalue weighted by Crippen LogP contribution is -2.25. The monoisotopic (exact) mass is 352 g/mol. The summed E-state index contributed by atoms with van der Waals surface area (Å²) in [5, 5.41) is 6.92. The van der Waals surface area contributed by atoms with Crippen LogP contribution in [0.3, 0.4) is 0 Å². The fourth-order valence-electron chi connectivity index (χ4n) is 1.95. The summed E-state index contributed by atoms with van der Waals surface area (Å²) in [5.41, 5.74) is 0.966. The average molecular weight is 353 g/mol. The minimum absolute atomic E-state index is 0.214. The third-order valence-electron chi connectivity index (χ3n) is 3.16. The first-order valence-electron chi connectivity index (χ1n) is 7.42. The molecule has 1 heterocycles. The Bertz CT molecular complexity index is 679. The van der Waals surface area contributed by atoms with Crippen LogP contribution in [-0.2, 0) is 0 Å². The number of nitrogens with zero attached hydrogens (tertiary/aromatic N) is 2. The van der Waals surface area contributed by atoms with E-state index in [0.717, 1.165) is 19.3 Å². The van der Waals surface area contributed by atoms with E-state index in [4.69, 9.17) is 23.2 Å². The zero-order valence-corrected chi connectivity index (χ0v) is 14.3. The van der Waals surface area contributed by atoms with E-state index in [0.29, 0.717) is 33.8 Å². The number of aromatic nitrogens is 2. The van der Waals surface area contributed by atoms with E-state index >= 15 is 0 Å². The number of carbonyl (C=O) groups excluding carboxylic acids is 1. The molecule has 0 fully saturated rings. The molecule has 0 aliphatic heterocycles. The van der Waals surface area contributed by atoms with Crippen molar-refractivity contribution < 1.29 is 4.79 Å². The molecule has 122 valence electrons. The molecule has 2 rings (SSSR count). The predicted molar refractivity (Wildman–Crippen MR) is 93.6 cm³/mol. The Morgan fingerprint density at radius 2 is 2.00 bits per heavy atom. The van der Waals surface area contributed by atoms with Crippen LogP contribution >= 0.6 is 23.2 Å². The SMILES string of the molecule is CCCCCNC(=O)c1cc(Nc2ccc(Cl)cc2Cl)ncn1. The van der Waals surface area contributed by atoms with Gasteiger partial charge in [0.2, 0.25) is 0 Å². The molecule has 23 heavy (non-hydrogen) atoms. The Kier molecular flexibility index (Phi) is 6.62. The van der Waals surface area contributed by atoms with Crippen molar-refractivity contribution in [3.8, 4) is 0 Å². The second-order valence-corrected chi connectivity index (χ2v) is 5.84.